The number of carbonyl (C=O) groups excluding carboxylic acids is 6. The van der Waals surface area contributed by atoms with Crippen LogP contribution in [0.5, 0.6) is 0 Å². The number of aliphatic hydroxyl groups excluding tert-OH is 2. The van der Waals surface area contributed by atoms with Gasteiger partial charge in [0.25, 0.3) is 0 Å². The molecule has 15 heteroatoms. The fraction of sp³-hybridized carbons (Fsp3) is 0.842. The number of rotatable bonds is 17. The van der Waals surface area contributed by atoms with Gasteiger partial charge < -0.3 is 47.3 Å². The van der Waals surface area contributed by atoms with E-state index in [1.807, 2.05) is 27.7 Å². The van der Waals surface area contributed by atoms with Crippen molar-refractivity contribution in [2.24, 2.45) is 23.5 Å². The summed E-state index contributed by atoms with van der Waals surface area (Å²) in [6.45, 7) is 13.3. The molecule has 1 fully saturated rings. The number of amides is 5. The van der Waals surface area contributed by atoms with Crippen molar-refractivity contribution in [3.05, 3.63) is 0 Å². The van der Waals surface area contributed by atoms with Gasteiger partial charge in [0.15, 0.2) is 0 Å². The molecule has 0 aromatic heterocycles. The average Bonchev–Trinajstić information content (AvgIpc) is 3.07. The number of nitrogens with one attached hydrogen (secondary N) is 5. The van der Waals surface area contributed by atoms with Gasteiger partial charge in [0.2, 0.25) is 29.5 Å². The van der Waals surface area contributed by atoms with Crippen molar-refractivity contribution >= 4 is 35.5 Å². The first-order chi connectivity index (χ1) is 24.9. The minimum absolute atomic E-state index is 0.0956. The van der Waals surface area contributed by atoms with Crippen molar-refractivity contribution in [3.63, 3.8) is 0 Å². The standard InChI is InChI=1S/C38H70N6O9/c1-9-10-11-12-13-14-15-16-17-18-29-30(39)36(50)40-26(19-22(2)3)33(47)42-28(21-45)35(49)44-32(25(8)46)37(51)41-27(20-23(4)5)34(48)43-31(24(6)7)38(52)53-29/h22-32,45-46H,9-21,39H2,1-8H3,(H,40,50)(H,41,51)(H,42,47)(H,43,48)(H,44,49)/t25-,26+,27+,28+,29?,30+,31?,32+/m1/s1. The SMILES string of the molecule is CCCCCCCCCCCC1OC(=O)C(C(C)C)NC(=O)[C@H](CC(C)C)NC(=O)[C@H]([C@@H](C)O)NC(=O)[C@H](CO)NC(=O)[C@H](CC(C)C)NC(=O)[C@H]1N. The number of hydrogen-bond donors (Lipinski definition) is 8. The first kappa shape index (κ1) is 47.7. The normalized spacial score (nSPS) is 26.5. The number of cyclic esters (lactones) is 1. The van der Waals surface area contributed by atoms with Gasteiger partial charge in [0.1, 0.15) is 42.4 Å². The largest absolute Gasteiger partial charge is 0.459 e. The van der Waals surface area contributed by atoms with E-state index in [0.29, 0.717) is 6.42 Å². The van der Waals surface area contributed by atoms with Gasteiger partial charge in [-0.15, -0.1) is 0 Å². The van der Waals surface area contributed by atoms with E-state index in [1.165, 1.54) is 32.6 Å². The van der Waals surface area contributed by atoms with E-state index in [1.54, 1.807) is 13.8 Å². The van der Waals surface area contributed by atoms with Gasteiger partial charge in [0.05, 0.1) is 12.7 Å². The maximum atomic E-state index is 13.8. The molecule has 1 saturated heterocycles. The Bertz CT molecular complexity index is 1160. The first-order valence-corrected chi connectivity index (χ1v) is 19.7. The number of unbranched alkanes of at least 4 members (excludes halogenated alkanes) is 8. The third-order valence-corrected chi connectivity index (χ3v) is 9.34. The average molecular weight is 755 g/mol. The molecule has 53 heavy (non-hydrogen) atoms. The fourth-order valence-electron chi connectivity index (χ4n) is 6.17. The Balaban J connectivity index is 3.55. The van der Waals surface area contributed by atoms with E-state index in [2.05, 4.69) is 33.5 Å². The van der Waals surface area contributed by atoms with Crippen LogP contribution in [0.25, 0.3) is 0 Å². The second-order valence-electron chi connectivity index (χ2n) is 15.7. The number of carbonyl (C=O) groups is 6. The van der Waals surface area contributed by atoms with E-state index in [-0.39, 0.29) is 31.1 Å². The van der Waals surface area contributed by atoms with Crippen LogP contribution in [0.4, 0.5) is 0 Å². The zero-order valence-electron chi connectivity index (χ0n) is 33.4. The highest BCUT2D eigenvalue weighted by Crippen LogP contribution is 2.17. The van der Waals surface area contributed by atoms with Crippen LogP contribution in [0.1, 0.15) is 132 Å². The molecule has 1 heterocycles. The quantitative estimate of drug-likeness (QED) is 0.0790. The van der Waals surface area contributed by atoms with Crippen LogP contribution < -0.4 is 32.3 Å². The zero-order valence-corrected chi connectivity index (χ0v) is 33.4. The van der Waals surface area contributed by atoms with Gasteiger partial charge in [-0.25, -0.2) is 4.79 Å². The van der Waals surface area contributed by atoms with E-state index < -0.39 is 96.5 Å². The number of hydrogen-bond acceptors (Lipinski definition) is 10. The number of esters is 1. The molecule has 0 radical (unpaired) electrons. The van der Waals surface area contributed by atoms with Crippen molar-refractivity contribution in [3.8, 4) is 0 Å². The van der Waals surface area contributed by atoms with Crippen LogP contribution in [0.3, 0.4) is 0 Å². The minimum Gasteiger partial charge on any atom is -0.459 e. The van der Waals surface area contributed by atoms with Crippen molar-refractivity contribution in [1.29, 1.82) is 0 Å². The molecule has 1 rings (SSSR count). The number of nitrogens with two attached hydrogens (primary N) is 1. The fourth-order valence-corrected chi connectivity index (χ4v) is 6.17. The summed E-state index contributed by atoms with van der Waals surface area (Å²) in [6, 6.07) is -8.04. The van der Waals surface area contributed by atoms with Gasteiger partial charge in [-0.1, -0.05) is 99.8 Å². The molecule has 0 aliphatic carbocycles. The molecule has 5 amide bonds. The summed E-state index contributed by atoms with van der Waals surface area (Å²) >= 11 is 0. The third kappa shape index (κ3) is 17.6. The molecular formula is C38H70N6O9. The van der Waals surface area contributed by atoms with Crippen molar-refractivity contribution in [1.82, 2.24) is 26.6 Å². The summed E-state index contributed by atoms with van der Waals surface area (Å²) in [4.78, 5) is 81.4. The van der Waals surface area contributed by atoms with Crippen molar-refractivity contribution < 1.29 is 43.7 Å². The zero-order chi connectivity index (χ0) is 40.2. The van der Waals surface area contributed by atoms with Crippen LogP contribution in [0, 0.1) is 17.8 Å². The van der Waals surface area contributed by atoms with Gasteiger partial charge in [-0.2, -0.15) is 0 Å². The highest BCUT2D eigenvalue weighted by atomic mass is 16.5. The highest BCUT2D eigenvalue weighted by molar-refractivity contribution is 5.97. The summed E-state index contributed by atoms with van der Waals surface area (Å²) < 4.78 is 5.92. The van der Waals surface area contributed by atoms with Crippen LogP contribution >= 0.6 is 0 Å². The highest BCUT2D eigenvalue weighted by Gasteiger charge is 2.38. The van der Waals surface area contributed by atoms with E-state index >= 15 is 0 Å². The Morgan fingerprint density at radius 2 is 1.04 bits per heavy atom. The second kappa shape index (κ2) is 24.9. The Morgan fingerprint density at radius 3 is 1.51 bits per heavy atom. The molecule has 0 aromatic rings. The molecule has 0 spiro atoms. The summed E-state index contributed by atoms with van der Waals surface area (Å²) in [5.41, 5.74) is 6.48. The third-order valence-electron chi connectivity index (χ3n) is 9.34. The molecule has 0 saturated carbocycles. The number of ether oxygens (including phenoxy) is 1. The molecular weight excluding hydrogens is 684 g/mol. The molecule has 0 bridgehead atoms. The minimum atomic E-state index is -1.57. The lowest BCUT2D eigenvalue weighted by atomic mass is 9.98. The van der Waals surface area contributed by atoms with E-state index in [9.17, 15) is 39.0 Å². The molecule has 2 unspecified atom stereocenters. The predicted octanol–water partition coefficient (Wildman–Crippen LogP) is 1.71. The summed E-state index contributed by atoms with van der Waals surface area (Å²) in [6.07, 6.45) is 7.41. The lowest BCUT2D eigenvalue weighted by Crippen LogP contribution is -2.62. The lowest BCUT2D eigenvalue weighted by molar-refractivity contribution is -0.157. The van der Waals surface area contributed by atoms with Crippen LogP contribution in [0.2, 0.25) is 0 Å². The summed E-state index contributed by atoms with van der Waals surface area (Å²) in [5.74, 6) is -5.57. The Hall–Kier alpha value is -3.30. The van der Waals surface area contributed by atoms with Crippen LogP contribution in [0.15, 0.2) is 0 Å². The van der Waals surface area contributed by atoms with Gasteiger partial charge in [-0.05, 0) is 50.4 Å². The van der Waals surface area contributed by atoms with Gasteiger partial charge in [-0.3, -0.25) is 24.0 Å². The van der Waals surface area contributed by atoms with Crippen LogP contribution in [-0.2, 0) is 33.5 Å². The van der Waals surface area contributed by atoms with Gasteiger partial charge in [0, 0.05) is 0 Å². The van der Waals surface area contributed by atoms with Crippen molar-refractivity contribution in [2.75, 3.05) is 6.61 Å². The Labute approximate surface area is 316 Å². The monoisotopic (exact) mass is 755 g/mol. The van der Waals surface area contributed by atoms with Crippen LogP contribution in [-0.4, -0.2) is 101 Å². The first-order valence-electron chi connectivity index (χ1n) is 19.7. The molecule has 15 nitrogen and oxygen atoms in total. The lowest BCUT2D eigenvalue weighted by Gasteiger charge is -2.30. The topological polar surface area (TPSA) is 238 Å². The summed E-state index contributed by atoms with van der Waals surface area (Å²) in [7, 11) is 0. The molecule has 8 atom stereocenters. The van der Waals surface area contributed by atoms with E-state index in [0.717, 1.165) is 25.7 Å². The smallest absolute Gasteiger partial charge is 0.329 e. The maximum absolute atomic E-state index is 13.8. The predicted molar refractivity (Wildman–Crippen MR) is 202 cm³/mol. The van der Waals surface area contributed by atoms with E-state index in [4.69, 9.17) is 10.5 Å². The van der Waals surface area contributed by atoms with Crippen molar-refractivity contribution in [2.45, 2.75) is 181 Å². The molecule has 9 N–H and O–H groups in total. The maximum Gasteiger partial charge on any atom is 0.329 e. The molecule has 0 aromatic carbocycles. The molecule has 306 valence electrons. The summed E-state index contributed by atoms with van der Waals surface area (Å²) in [5, 5.41) is 33.2. The number of aliphatic hydroxyl groups is 2. The second-order valence-corrected chi connectivity index (χ2v) is 15.7. The van der Waals surface area contributed by atoms with Gasteiger partial charge >= 0.3 is 5.97 Å². The molecule has 1 aliphatic heterocycles. The Kier molecular flexibility index (Phi) is 22.4. The molecule has 1 aliphatic rings. The Morgan fingerprint density at radius 1 is 0.604 bits per heavy atom.